The standard InChI is InChI=1S/C11H16ClNO3/c1-3-15-7-8(2)16-11-5-4-9(12)10(6-14)13-11/h4-5,8,14H,3,6-7H2,1-2H3. The minimum Gasteiger partial charge on any atom is -0.472 e. The average Bonchev–Trinajstić information content (AvgIpc) is 2.29. The van der Waals surface area contributed by atoms with Gasteiger partial charge in [-0.25, -0.2) is 4.98 Å². The van der Waals surface area contributed by atoms with Crippen molar-refractivity contribution in [3.05, 3.63) is 22.8 Å². The third kappa shape index (κ3) is 3.96. The second-order valence-electron chi connectivity index (χ2n) is 3.32. The molecule has 1 aromatic rings. The number of pyridine rings is 1. The fourth-order valence-electron chi connectivity index (χ4n) is 1.16. The normalized spacial score (nSPS) is 12.5. The summed E-state index contributed by atoms with van der Waals surface area (Å²) in [7, 11) is 0. The maximum Gasteiger partial charge on any atom is 0.213 e. The van der Waals surface area contributed by atoms with E-state index in [1.165, 1.54) is 0 Å². The van der Waals surface area contributed by atoms with Crippen molar-refractivity contribution in [1.82, 2.24) is 4.98 Å². The maximum absolute atomic E-state index is 8.99. The number of halogens is 1. The van der Waals surface area contributed by atoms with E-state index >= 15 is 0 Å². The molecule has 0 aliphatic rings. The van der Waals surface area contributed by atoms with E-state index in [0.717, 1.165) is 0 Å². The molecule has 0 amide bonds. The fraction of sp³-hybridized carbons (Fsp3) is 0.545. The van der Waals surface area contributed by atoms with Gasteiger partial charge >= 0.3 is 0 Å². The summed E-state index contributed by atoms with van der Waals surface area (Å²) in [5.41, 5.74) is 0.419. The van der Waals surface area contributed by atoms with Gasteiger partial charge in [0, 0.05) is 12.7 Å². The molecular formula is C11H16ClNO3. The first-order chi connectivity index (χ1) is 7.67. The van der Waals surface area contributed by atoms with Crippen LogP contribution in [0.2, 0.25) is 5.02 Å². The van der Waals surface area contributed by atoms with Crippen LogP contribution in [0.1, 0.15) is 19.5 Å². The summed E-state index contributed by atoms with van der Waals surface area (Å²) >= 11 is 5.81. The molecule has 0 radical (unpaired) electrons. The van der Waals surface area contributed by atoms with Gasteiger partial charge in [0.15, 0.2) is 0 Å². The van der Waals surface area contributed by atoms with Crippen molar-refractivity contribution < 1.29 is 14.6 Å². The molecule has 4 nitrogen and oxygen atoms in total. The van der Waals surface area contributed by atoms with E-state index in [4.69, 9.17) is 26.2 Å². The molecule has 0 bridgehead atoms. The summed E-state index contributed by atoms with van der Waals surface area (Å²) in [6.07, 6.45) is -0.0832. The third-order valence-electron chi connectivity index (χ3n) is 1.92. The van der Waals surface area contributed by atoms with Crippen LogP contribution in [0.25, 0.3) is 0 Å². The Hall–Kier alpha value is -0.840. The molecule has 0 aliphatic carbocycles. The lowest BCUT2D eigenvalue weighted by atomic mass is 10.3. The molecule has 1 rings (SSSR count). The van der Waals surface area contributed by atoms with Crippen LogP contribution in [0.5, 0.6) is 5.88 Å². The first kappa shape index (κ1) is 13.2. The Morgan fingerprint density at radius 1 is 1.50 bits per heavy atom. The molecule has 1 aromatic heterocycles. The summed E-state index contributed by atoms with van der Waals surface area (Å²) in [6, 6.07) is 3.33. The minimum absolute atomic E-state index is 0.0832. The molecule has 1 heterocycles. The molecule has 0 aromatic carbocycles. The zero-order valence-electron chi connectivity index (χ0n) is 9.44. The molecule has 5 heteroatoms. The molecule has 0 spiro atoms. The molecule has 0 saturated carbocycles. The van der Waals surface area contributed by atoms with Gasteiger partial charge in [0.05, 0.1) is 23.9 Å². The SMILES string of the molecule is CCOCC(C)Oc1ccc(Cl)c(CO)n1. The van der Waals surface area contributed by atoms with Crippen molar-refractivity contribution in [2.24, 2.45) is 0 Å². The smallest absolute Gasteiger partial charge is 0.213 e. The van der Waals surface area contributed by atoms with Crippen LogP contribution in [0.4, 0.5) is 0 Å². The minimum atomic E-state index is -0.199. The summed E-state index contributed by atoms with van der Waals surface area (Å²) < 4.78 is 10.7. The van der Waals surface area contributed by atoms with Crippen LogP contribution in [0.3, 0.4) is 0 Å². The van der Waals surface area contributed by atoms with Gasteiger partial charge in [0.25, 0.3) is 0 Å². The number of aromatic nitrogens is 1. The van der Waals surface area contributed by atoms with Gasteiger partial charge in [-0.05, 0) is 19.9 Å². The van der Waals surface area contributed by atoms with Crippen molar-refractivity contribution in [1.29, 1.82) is 0 Å². The number of aliphatic hydroxyl groups excluding tert-OH is 1. The molecule has 1 atom stereocenters. The van der Waals surface area contributed by atoms with Gasteiger partial charge in [-0.15, -0.1) is 0 Å². The second-order valence-corrected chi connectivity index (χ2v) is 3.73. The highest BCUT2D eigenvalue weighted by molar-refractivity contribution is 6.31. The van der Waals surface area contributed by atoms with E-state index in [0.29, 0.717) is 29.8 Å². The molecule has 16 heavy (non-hydrogen) atoms. The number of aliphatic hydroxyl groups is 1. The van der Waals surface area contributed by atoms with Crippen LogP contribution in [-0.4, -0.2) is 29.4 Å². The lowest BCUT2D eigenvalue weighted by Gasteiger charge is -2.14. The molecule has 1 N–H and O–H groups in total. The predicted molar refractivity (Wildman–Crippen MR) is 61.8 cm³/mol. The summed E-state index contributed by atoms with van der Waals surface area (Å²) in [6.45, 7) is 4.79. The Morgan fingerprint density at radius 3 is 2.88 bits per heavy atom. The Morgan fingerprint density at radius 2 is 2.25 bits per heavy atom. The van der Waals surface area contributed by atoms with Crippen molar-refractivity contribution in [2.45, 2.75) is 26.6 Å². The van der Waals surface area contributed by atoms with E-state index in [9.17, 15) is 0 Å². The summed E-state index contributed by atoms with van der Waals surface area (Å²) in [4.78, 5) is 4.08. The van der Waals surface area contributed by atoms with Crippen molar-refractivity contribution in [2.75, 3.05) is 13.2 Å². The number of nitrogens with zero attached hydrogens (tertiary/aromatic N) is 1. The Labute approximate surface area is 100 Å². The molecular weight excluding hydrogens is 230 g/mol. The Bertz CT molecular complexity index is 333. The predicted octanol–water partition coefficient (Wildman–Crippen LogP) is 2.03. The largest absolute Gasteiger partial charge is 0.472 e. The molecule has 1 unspecified atom stereocenters. The van der Waals surface area contributed by atoms with Gasteiger partial charge < -0.3 is 14.6 Å². The van der Waals surface area contributed by atoms with Gasteiger partial charge in [-0.3, -0.25) is 0 Å². The molecule has 0 saturated heterocycles. The van der Waals surface area contributed by atoms with E-state index in [1.807, 2.05) is 13.8 Å². The van der Waals surface area contributed by atoms with E-state index in [-0.39, 0.29) is 12.7 Å². The molecule has 0 fully saturated rings. The second kappa shape index (κ2) is 6.68. The third-order valence-corrected chi connectivity index (χ3v) is 2.27. The number of ether oxygens (including phenoxy) is 2. The summed E-state index contributed by atoms with van der Waals surface area (Å²) in [5, 5.41) is 9.43. The molecule has 90 valence electrons. The van der Waals surface area contributed by atoms with Gasteiger partial charge in [-0.2, -0.15) is 0 Å². The lowest BCUT2D eigenvalue weighted by molar-refractivity contribution is 0.0631. The lowest BCUT2D eigenvalue weighted by Crippen LogP contribution is -2.19. The fourth-order valence-corrected chi connectivity index (χ4v) is 1.33. The number of hydrogen-bond donors (Lipinski definition) is 1. The first-order valence-electron chi connectivity index (χ1n) is 5.18. The van der Waals surface area contributed by atoms with Crippen LogP contribution in [0, 0.1) is 0 Å². The van der Waals surface area contributed by atoms with Crippen molar-refractivity contribution in [3.63, 3.8) is 0 Å². The van der Waals surface area contributed by atoms with E-state index in [1.54, 1.807) is 12.1 Å². The monoisotopic (exact) mass is 245 g/mol. The van der Waals surface area contributed by atoms with Crippen molar-refractivity contribution in [3.8, 4) is 5.88 Å². The van der Waals surface area contributed by atoms with Gasteiger partial charge in [0.2, 0.25) is 5.88 Å². The highest BCUT2D eigenvalue weighted by Gasteiger charge is 2.07. The highest BCUT2D eigenvalue weighted by Crippen LogP contribution is 2.18. The quantitative estimate of drug-likeness (QED) is 0.833. The topological polar surface area (TPSA) is 51.6 Å². The number of rotatable bonds is 6. The maximum atomic E-state index is 8.99. The van der Waals surface area contributed by atoms with Crippen LogP contribution < -0.4 is 4.74 Å². The van der Waals surface area contributed by atoms with Crippen LogP contribution >= 0.6 is 11.6 Å². The zero-order chi connectivity index (χ0) is 12.0. The van der Waals surface area contributed by atoms with Gasteiger partial charge in [-0.1, -0.05) is 11.6 Å². The highest BCUT2D eigenvalue weighted by atomic mass is 35.5. The number of hydrogen-bond acceptors (Lipinski definition) is 4. The zero-order valence-corrected chi connectivity index (χ0v) is 10.2. The Balaban J connectivity index is 2.59. The van der Waals surface area contributed by atoms with Crippen LogP contribution in [0.15, 0.2) is 12.1 Å². The van der Waals surface area contributed by atoms with E-state index < -0.39 is 0 Å². The first-order valence-corrected chi connectivity index (χ1v) is 5.55. The Kier molecular flexibility index (Phi) is 5.52. The van der Waals surface area contributed by atoms with E-state index in [2.05, 4.69) is 4.98 Å². The van der Waals surface area contributed by atoms with Gasteiger partial charge in [0.1, 0.15) is 6.10 Å². The average molecular weight is 246 g/mol. The summed E-state index contributed by atoms with van der Waals surface area (Å²) in [5.74, 6) is 0.445. The van der Waals surface area contributed by atoms with Crippen molar-refractivity contribution >= 4 is 11.6 Å². The van der Waals surface area contributed by atoms with Crippen LogP contribution in [-0.2, 0) is 11.3 Å². The molecule has 0 aliphatic heterocycles.